The molecule has 0 spiro atoms. The van der Waals surface area contributed by atoms with Crippen molar-refractivity contribution in [3.05, 3.63) is 50.7 Å². The van der Waals surface area contributed by atoms with Crippen LogP contribution in [0, 0.1) is 0 Å². The molecule has 11 heteroatoms. The predicted octanol–water partition coefficient (Wildman–Crippen LogP) is 5.10. The van der Waals surface area contributed by atoms with Crippen molar-refractivity contribution in [2.75, 3.05) is 5.32 Å². The number of nitrogens with zero attached hydrogens (tertiary/aromatic N) is 4. The number of nitrogens with one attached hydrogen (secondary N) is 1. The second-order valence-electron chi connectivity index (χ2n) is 5.93. The van der Waals surface area contributed by atoms with Gasteiger partial charge in [-0.25, -0.2) is 13.5 Å². The molecule has 140 valence electrons. The zero-order valence-electron chi connectivity index (χ0n) is 13.5. The normalized spacial score (nSPS) is 14.0. The van der Waals surface area contributed by atoms with Crippen molar-refractivity contribution in [2.45, 2.75) is 25.2 Å². The molecule has 4 rings (SSSR count). The predicted molar refractivity (Wildman–Crippen MR) is 98.4 cm³/mol. The Labute approximate surface area is 166 Å². The first-order valence-corrected chi connectivity index (χ1v) is 9.47. The van der Waals surface area contributed by atoms with Crippen LogP contribution in [0.1, 0.15) is 46.2 Å². The van der Waals surface area contributed by atoms with Gasteiger partial charge in [0, 0.05) is 10.9 Å². The molecular formula is C16H11Cl2F2N5OS. The molecule has 0 radical (unpaired) electrons. The molecule has 1 aliphatic carbocycles. The number of amides is 1. The van der Waals surface area contributed by atoms with Gasteiger partial charge in [0.1, 0.15) is 0 Å². The lowest BCUT2D eigenvalue weighted by molar-refractivity contribution is 0.102. The third-order valence-corrected chi connectivity index (χ3v) is 5.38. The Kier molecular flexibility index (Phi) is 4.83. The van der Waals surface area contributed by atoms with E-state index in [1.807, 2.05) is 0 Å². The van der Waals surface area contributed by atoms with Crippen LogP contribution in [0.15, 0.2) is 24.4 Å². The lowest BCUT2D eigenvalue weighted by Crippen LogP contribution is -2.14. The maximum Gasteiger partial charge on any atom is 0.291 e. The van der Waals surface area contributed by atoms with E-state index in [0.717, 1.165) is 18.5 Å². The van der Waals surface area contributed by atoms with Crippen LogP contribution in [0.2, 0.25) is 10.0 Å². The van der Waals surface area contributed by atoms with E-state index in [4.69, 9.17) is 23.2 Å². The molecule has 1 N–H and O–H groups in total. The van der Waals surface area contributed by atoms with Crippen LogP contribution in [0.3, 0.4) is 0 Å². The number of carbonyl (C=O) groups is 1. The van der Waals surface area contributed by atoms with Crippen LogP contribution in [0.25, 0.3) is 5.69 Å². The van der Waals surface area contributed by atoms with Gasteiger partial charge in [0.25, 0.3) is 12.3 Å². The van der Waals surface area contributed by atoms with Crippen molar-refractivity contribution in [3.63, 3.8) is 0 Å². The van der Waals surface area contributed by atoms with E-state index < -0.39 is 17.3 Å². The molecule has 0 aliphatic heterocycles. The minimum atomic E-state index is -2.73. The molecule has 0 bridgehead atoms. The molecule has 1 aromatic carbocycles. The molecule has 6 nitrogen and oxygen atoms in total. The maximum absolute atomic E-state index is 12.7. The third-order valence-electron chi connectivity index (χ3n) is 4.00. The van der Waals surface area contributed by atoms with Crippen LogP contribution >= 0.6 is 34.5 Å². The molecule has 0 unspecified atom stereocenters. The van der Waals surface area contributed by atoms with E-state index >= 15 is 0 Å². The lowest BCUT2D eigenvalue weighted by atomic mass is 10.1. The highest BCUT2D eigenvalue weighted by molar-refractivity contribution is 7.15. The van der Waals surface area contributed by atoms with Gasteiger partial charge in [-0.05, 0) is 31.0 Å². The Morgan fingerprint density at radius 3 is 2.70 bits per heavy atom. The van der Waals surface area contributed by atoms with E-state index in [2.05, 4.69) is 20.6 Å². The van der Waals surface area contributed by atoms with E-state index in [9.17, 15) is 13.6 Å². The number of anilines is 1. The number of alkyl halides is 2. The summed E-state index contributed by atoms with van der Waals surface area (Å²) >= 11 is 12.9. The second kappa shape index (κ2) is 7.14. The zero-order valence-corrected chi connectivity index (χ0v) is 15.8. The number of benzene rings is 1. The average molecular weight is 430 g/mol. The molecule has 1 aliphatic rings. The lowest BCUT2D eigenvalue weighted by Gasteiger charge is -2.10. The number of hydrogen-bond donors (Lipinski definition) is 1. The summed E-state index contributed by atoms with van der Waals surface area (Å²) in [6.07, 6.45) is 0.546. The molecule has 0 atom stereocenters. The van der Waals surface area contributed by atoms with Crippen molar-refractivity contribution in [1.82, 2.24) is 20.0 Å². The zero-order chi connectivity index (χ0) is 19.1. The van der Waals surface area contributed by atoms with Gasteiger partial charge in [-0.1, -0.05) is 34.5 Å². The summed E-state index contributed by atoms with van der Waals surface area (Å²) in [5, 5.41) is 14.2. The fourth-order valence-electron chi connectivity index (χ4n) is 2.67. The summed E-state index contributed by atoms with van der Waals surface area (Å²) in [6, 6.07) is 5.02. The standard InChI is InChI=1S/C16H11Cl2F2N5OS/c17-8-3-4-11(10(18)5-8)25-12(7-1-2-7)9(6-21-25)14(26)22-16-24-23-15(27-16)13(19)20/h3-7,13H,1-2H2,(H,22,24,26). The van der Waals surface area contributed by atoms with Gasteiger partial charge in [0.15, 0.2) is 5.01 Å². The summed E-state index contributed by atoms with van der Waals surface area (Å²) in [5.41, 5.74) is 1.67. The number of aromatic nitrogens is 4. The van der Waals surface area contributed by atoms with Gasteiger partial charge in [-0.15, -0.1) is 10.2 Å². The highest BCUT2D eigenvalue weighted by atomic mass is 35.5. The quantitative estimate of drug-likeness (QED) is 0.612. The van der Waals surface area contributed by atoms with Crippen molar-refractivity contribution in [1.29, 1.82) is 0 Å². The monoisotopic (exact) mass is 429 g/mol. The summed E-state index contributed by atoms with van der Waals surface area (Å²) in [4.78, 5) is 12.7. The average Bonchev–Trinajstić information content (AvgIpc) is 3.17. The number of rotatable bonds is 5. The van der Waals surface area contributed by atoms with E-state index in [1.165, 1.54) is 6.20 Å². The van der Waals surface area contributed by atoms with Gasteiger partial charge in [-0.3, -0.25) is 10.1 Å². The van der Waals surface area contributed by atoms with Crippen LogP contribution in [0.4, 0.5) is 13.9 Å². The second-order valence-corrected chi connectivity index (χ2v) is 7.78. The maximum atomic E-state index is 12.7. The van der Waals surface area contributed by atoms with E-state index in [0.29, 0.717) is 32.6 Å². The van der Waals surface area contributed by atoms with Crippen LogP contribution < -0.4 is 5.32 Å². The third kappa shape index (κ3) is 3.67. The Morgan fingerprint density at radius 2 is 2.07 bits per heavy atom. The fraction of sp³-hybridized carbons (Fsp3) is 0.250. The molecule has 1 fully saturated rings. The molecule has 27 heavy (non-hydrogen) atoms. The van der Waals surface area contributed by atoms with E-state index in [1.54, 1.807) is 22.9 Å². The topological polar surface area (TPSA) is 72.7 Å². The molecule has 1 amide bonds. The first kappa shape index (κ1) is 18.3. The fourth-order valence-corrected chi connectivity index (χ4v) is 3.75. The number of carbonyl (C=O) groups excluding carboxylic acids is 1. The Balaban J connectivity index is 1.67. The van der Waals surface area contributed by atoms with Crippen molar-refractivity contribution in [2.24, 2.45) is 0 Å². The van der Waals surface area contributed by atoms with E-state index in [-0.39, 0.29) is 11.0 Å². The van der Waals surface area contributed by atoms with Crippen molar-refractivity contribution < 1.29 is 13.6 Å². The summed E-state index contributed by atoms with van der Waals surface area (Å²) in [5.74, 6) is -0.309. The molecular weight excluding hydrogens is 419 g/mol. The smallest absolute Gasteiger partial charge is 0.291 e. The molecule has 2 heterocycles. The number of hydrogen-bond acceptors (Lipinski definition) is 5. The van der Waals surface area contributed by atoms with Crippen molar-refractivity contribution >= 4 is 45.6 Å². The SMILES string of the molecule is O=C(Nc1nnc(C(F)F)s1)c1cnn(-c2ccc(Cl)cc2Cl)c1C1CC1. The Bertz CT molecular complexity index is 1020. The molecule has 1 saturated carbocycles. The number of halogens is 4. The van der Waals surface area contributed by atoms with Crippen LogP contribution in [-0.4, -0.2) is 25.9 Å². The highest BCUT2D eigenvalue weighted by Crippen LogP contribution is 2.43. The minimum absolute atomic E-state index is 0.00863. The molecule has 2 aromatic heterocycles. The molecule has 0 saturated heterocycles. The summed E-state index contributed by atoms with van der Waals surface area (Å²) < 4.78 is 26.9. The van der Waals surface area contributed by atoms with Crippen molar-refractivity contribution in [3.8, 4) is 5.69 Å². The first-order valence-electron chi connectivity index (χ1n) is 7.90. The Morgan fingerprint density at radius 1 is 1.30 bits per heavy atom. The van der Waals surface area contributed by atoms with Crippen LogP contribution in [-0.2, 0) is 0 Å². The summed E-state index contributed by atoms with van der Waals surface area (Å²) in [6.45, 7) is 0. The highest BCUT2D eigenvalue weighted by Gasteiger charge is 2.33. The van der Waals surface area contributed by atoms with Gasteiger partial charge >= 0.3 is 0 Å². The first-order chi connectivity index (χ1) is 12.9. The van der Waals surface area contributed by atoms with Gasteiger partial charge in [-0.2, -0.15) is 5.10 Å². The largest absolute Gasteiger partial charge is 0.296 e. The van der Waals surface area contributed by atoms with Gasteiger partial charge < -0.3 is 0 Å². The Hall–Kier alpha value is -2.10. The van der Waals surface area contributed by atoms with Gasteiger partial charge in [0.2, 0.25) is 5.13 Å². The molecule has 3 aromatic rings. The van der Waals surface area contributed by atoms with Crippen LogP contribution in [0.5, 0.6) is 0 Å². The van der Waals surface area contributed by atoms with Gasteiger partial charge in [0.05, 0.1) is 28.2 Å². The summed E-state index contributed by atoms with van der Waals surface area (Å²) in [7, 11) is 0. The minimum Gasteiger partial charge on any atom is -0.296 e.